The van der Waals surface area contributed by atoms with Crippen LogP contribution in [0.4, 0.5) is 0 Å². The summed E-state index contributed by atoms with van der Waals surface area (Å²) in [5, 5.41) is 18.2. The van der Waals surface area contributed by atoms with Crippen LogP contribution in [0.25, 0.3) is 0 Å². The van der Waals surface area contributed by atoms with Crippen molar-refractivity contribution in [2.24, 2.45) is 0 Å². The van der Waals surface area contributed by atoms with Gasteiger partial charge in [-0.2, -0.15) is 0 Å². The lowest BCUT2D eigenvalue weighted by molar-refractivity contribution is -0.171. The Bertz CT molecular complexity index is 322. The SMILES string of the molecule is CCC(O)CC1CC(=O)O1.CCC1CC(O)CC(=O)O1. The summed E-state index contributed by atoms with van der Waals surface area (Å²) in [7, 11) is 0. The standard InChI is InChI=1S/2C7H12O3/c1-2-6-3-5(8)4-7(9)10-6;1-2-5(8)3-6-4-7(9)10-6/h2*5-6,8H,2-4H2,1H3. The van der Waals surface area contributed by atoms with E-state index in [4.69, 9.17) is 19.7 Å². The van der Waals surface area contributed by atoms with Crippen LogP contribution in [0.1, 0.15) is 52.4 Å². The smallest absolute Gasteiger partial charge is 0.309 e. The minimum Gasteiger partial charge on any atom is -0.462 e. The highest BCUT2D eigenvalue weighted by Gasteiger charge is 2.29. The largest absolute Gasteiger partial charge is 0.462 e. The van der Waals surface area contributed by atoms with Crippen LogP contribution < -0.4 is 0 Å². The first-order valence-corrected chi connectivity index (χ1v) is 7.19. The van der Waals surface area contributed by atoms with Gasteiger partial charge in [0.25, 0.3) is 0 Å². The molecule has 4 atom stereocenters. The van der Waals surface area contributed by atoms with Gasteiger partial charge in [-0.15, -0.1) is 0 Å². The number of cyclic esters (lactones) is 2. The van der Waals surface area contributed by atoms with Crippen molar-refractivity contribution in [2.75, 3.05) is 0 Å². The fourth-order valence-electron chi connectivity index (χ4n) is 2.08. The number of carbonyl (C=O) groups is 2. The molecule has 0 aromatic heterocycles. The highest BCUT2D eigenvalue weighted by molar-refractivity contribution is 5.75. The fraction of sp³-hybridized carbons (Fsp3) is 0.857. The lowest BCUT2D eigenvalue weighted by Gasteiger charge is -2.26. The predicted molar refractivity (Wildman–Crippen MR) is 70.8 cm³/mol. The van der Waals surface area contributed by atoms with Crippen molar-refractivity contribution in [2.45, 2.75) is 76.8 Å². The fourth-order valence-corrected chi connectivity index (χ4v) is 2.08. The number of aliphatic hydroxyl groups excluding tert-OH is 2. The van der Waals surface area contributed by atoms with Gasteiger partial charge in [-0.25, -0.2) is 0 Å². The zero-order chi connectivity index (χ0) is 15.1. The maximum absolute atomic E-state index is 10.7. The average molecular weight is 288 g/mol. The van der Waals surface area contributed by atoms with Crippen LogP contribution >= 0.6 is 0 Å². The Hall–Kier alpha value is -1.14. The Labute approximate surface area is 119 Å². The molecule has 0 radical (unpaired) electrons. The van der Waals surface area contributed by atoms with Gasteiger partial charge in [-0.05, 0) is 12.8 Å². The lowest BCUT2D eigenvalue weighted by Crippen LogP contribution is -2.35. The van der Waals surface area contributed by atoms with Crippen molar-refractivity contribution in [1.82, 2.24) is 0 Å². The van der Waals surface area contributed by atoms with E-state index in [0.717, 1.165) is 12.8 Å². The highest BCUT2D eigenvalue weighted by atomic mass is 16.6. The maximum Gasteiger partial charge on any atom is 0.309 e. The van der Waals surface area contributed by atoms with Crippen LogP contribution in [0, 0.1) is 0 Å². The number of carbonyl (C=O) groups excluding carboxylic acids is 2. The van der Waals surface area contributed by atoms with Crippen LogP contribution in [-0.2, 0) is 19.1 Å². The molecule has 0 bridgehead atoms. The first-order valence-electron chi connectivity index (χ1n) is 7.19. The number of ether oxygens (including phenoxy) is 2. The second kappa shape index (κ2) is 8.21. The summed E-state index contributed by atoms with van der Waals surface area (Å²) in [6.45, 7) is 3.85. The van der Waals surface area contributed by atoms with Crippen LogP contribution in [-0.4, -0.2) is 46.6 Å². The van der Waals surface area contributed by atoms with E-state index in [1.807, 2.05) is 13.8 Å². The van der Waals surface area contributed by atoms with Gasteiger partial charge in [-0.1, -0.05) is 13.8 Å². The third-order valence-corrected chi connectivity index (χ3v) is 3.39. The molecule has 2 heterocycles. The summed E-state index contributed by atoms with van der Waals surface area (Å²) < 4.78 is 9.62. The molecule has 0 spiro atoms. The van der Waals surface area contributed by atoms with Gasteiger partial charge in [0.05, 0.1) is 25.0 Å². The molecule has 0 aromatic carbocycles. The molecule has 2 fully saturated rings. The summed E-state index contributed by atoms with van der Waals surface area (Å²) in [4.78, 5) is 20.9. The monoisotopic (exact) mass is 288 g/mol. The second-order valence-corrected chi connectivity index (χ2v) is 5.23. The third kappa shape index (κ3) is 5.88. The quantitative estimate of drug-likeness (QED) is 0.747. The van der Waals surface area contributed by atoms with Crippen LogP contribution in [0.2, 0.25) is 0 Å². The van der Waals surface area contributed by atoms with Gasteiger partial charge in [0, 0.05) is 12.8 Å². The Balaban J connectivity index is 0.000000200. The summed E-state index contributed by atoms with van der Waals surface area (Å²) in [5.74, 6) is -0.418. The van der Waals surface area contributed by atoms with Crippen molar-refractivity contribution in [3.8, 4) is 0 Å². The van der Waals surface area contributed by atoms with Crippen LogP contribution in [0.15, 0.2) is 0 Å². The lowest BCUT2D eigenvalue weighted by atomic mass is 10.0. The van der Waals surface area contributed by atoms with Crippen molar-refractivity contribution in [3.05, 3.63) is 0 Å². The predicted octanol–water partition coefficient (Wildman–Crippen LogP) is 0.926. The number of aliphatic hydroxyl groups is 2. The van der Waals surface area contributed by atoms with E-state index in [9.17, 15) is 9.59 Å². The van der Waals surface area contributed by atoms with Crippen LogP contribution in [0.3, 0.4) is 0 Å². The third-order valence-electron chi connectivity index (χ3n) is 3.39. The molecule has 0 amide bonds. The van der Waals surface area contributed by atoms with Crippen molar-refractivity contribution < 1.29 is 29.3 Å². The zero-order valence-electron chi connectivity index (χ0n) is 12.1. The molecule has 2 N–H and O–H groups in total. The Morgan fingerprint density at radius 1 is 1.15 bits per heavy atom. The summed E-state index contributed by atoms with van der Waals surface area (Å²) >= 11 is 0. The van der Waals surface area contributed by atoms with Gasteiger partial charge < -0.3 is 19.7 Å². The normalized spacial score (nSPS) is 30.3. The van der Waals surface area contributed by atoms with Gasteiger partial charge in [0.1, 0.15) is 12.2 Å². The highest BCUT2D eigenvalue weighted by Crippen LogP contribution is 2.19. The Morgan fingerprint density at radius 3 is 2.20 bits per heavy atom. The molecule has 4 unspecified atom stereocenters. The minimum atomic E-state index is -0.480. The molecule has 6 nitrogen and oxygen atoms in total. The molecule has 2 aliphatic rings. The molecule has 0 saturated carbocycles. The second-order valence-electron chi connectivity index (χ2n) is 5.23. The zero-order valence-corrected chi connectivity index (χ0v) is 12.1. The van der Waals surface area contributed by atoms with Gasteiger partial charge in [-0.3, -0.25) is 9.59 Å². The molecule has 2 saturated heterocycles. The first-order chi connectivity index (χ1) is 9.44. The van der Waals surface area contributed by atoms with E-state index in [2.05, 4.69) is 0 Å². The molecule has 2 rings (SSSR count). The van der Waals surface area contributed by atoms with Crippen molar-refractivity contribution >= 4 is 11.9 Å². The first kappa shape index (κ1) is 16.9. The van der Waals surface area contributed by atoms with Gasteiger partial charge >= 0.3 is 11.9 Å². The summed E-state index contributed by atoms with van der Waals surface area (Å²) in [6, 6.07) is 0. The molecule has 0 aliphatic carbocycles. The number of esters is 2. The van der Waals surface area contributed by atoms with E-state index >= 15 is 0 Å². The van der Waals surface area contributed by atoms with E-state index in [0.29, 0.717) is 19.3 Å². The Kier molecular flexibility index (Phi) is 6.95. The number of hydrogen-bond acceptors (Lipinski definition) is 6. The summed E-state index contributed by atoms with van der Waals surface area (Å²) in [6.07, 6.45) is 2.51. The molecule has 0 aromatic rings. The van der Waals surface area contributed by atoms with Crippen molar-refractivity contribution in [3.63, 3.8) is 0 Å². The van der Waals surface area contributed by atoms with E-state index in [-0.39, 0.29) is 36.7 Å². The molecule has 116 valence electrons. The minimum absolute atomic E-state index is 0.0116. The molecule has 2 aliphatic heterocycles. The Morgan fingerprint density at radius 2 is 1.75 bits per heavy atom. The maximum atomic E-state index is 10.7. The molecule has 6 heteroatoms. The van der Waals surface area contributed by atoms with E-state index in [1.54, 1.807) is 0 Å². The number of hydrogen-bond donors (Lipinski definition) is 2. The number of rotatable bonds is 4. The van der Waals surface area contributed by atoms with Gasteiger partial charge in [0.15, 0.2) is 0 Å². The topological polar surface area (TPSA) is 93.1 Å². The molecular weight excluding hydrogens is 264 g/mol. The average Bonchev–Trinajstić information content (AvgIpc) is 2.36. The summed E-state index contributed by atoms with van der Waals surface area (Å²) in [5.41, 5.74) is 0. The van der Waals surface area contributed by atoms with Crippen molar-refractivity contribution in [1.29, 1.82) is 0 Å². The van der Waals surface area contributed by atoms with Gasteiger partial charge in [0.2, 0.25) is 0 Å². The van der Waals surface area contributed by atoms with Crippen LogP contribution in [0.5, 0.6) is 0 Å². The molecule has 20 heavy (non-hydrogen) atoms. The van der Waals surface area contributed by atoms with E-state index < -0.39 is 6.10 Å². The molecular formula is C14H24O6. The van der Waals surface area contributed by atoms with E-state index in [1.165, 1.54) is 0 Å².